The Hall–Kier alpha value is -0.420. The van der Waals surface area contributed by atoms with E-state index in [9.17, 15) is 9.00 Å². The minimum Gasteiger partial charge on any atom is -0.326 e. The number of nitrogens with zero attached hydrogens (tertiary/aromatic N) is 1. The topological polar surface area (TPSA) is 49.4 Å². The third-order valence-electron chi connectivity index (χ3n) is 2.44. The molecule has 1 saturated heterocycles. The van der Waals surface area contributed by atoms with Gasteiger partial charge in [0.25, 0.3) is 0 Å². The van der Waals surface area contributed by atoms with Gasteiger partial charge >= 0.3 is 0 Å². The molecule has 4 nitrogen and oxygen atoms in total. The molecule has 1 aliphatic heterocycles. The van der Waals surface area contributed by atoms with E-state index < -0.39 is 10.8 Å². The molecule has 0 saturated carbocycles. The van der Waals surface area contributed by atoms with Crippen molar-refractivity contribution in [3.63, 3.8) is 0 Å². The van der Waals surface area contributed by atoms with Gasteiger partial charge in [-0.3, -0.25) is 14.3 Å². The van der Waals surface area contributed by atoms with E-state index in [1.165, 1.54) is 0 Å². The number of rotatable bonds is 4. The number of nitrogens with one attached hydrogen (secondary N) is 1. The SMILES string of the molecule is CC1NC(C)N(CCCS(C)=O)C1=O. The van der Waals surface area contributed by atoms with Crippen molar-refractivity contribution in [2.24, 2.45) is 0 Å². The monoisotopic (exact) mass is 218 g/mol. The van der Waals surface area contributed by atoms with Crippen LogP contribution in [0.1, 0.15) is 20.3 Å². The van der Waals surface area contributed by atoms with Crippen LogP contribution in [0.25, 0.3) is 0 Å². The second-order valence-corrected chi connectivity index (χ2v) is 5.28. The van der Waals surface area contributed by atoms with E-state index in [-0.39, 0.29) is 18.1 Å². The molecule has 1 amide bonds. The highest BCUT2D eigenvalue weighted by atomic mass is 32.2. The first-order valence-electron chi connectivity index (χ1n) is 4.89. The van der Waals surface area contributed by atoms with Crippen LogP contribution >= 0.6 is 0 Å². The highest BCUT2D eigenvalue weighted by molar-refractivity contribution is 7.84. The fraction of sp³-hybridized carbons (Fsp3) is 0.889. The van der Waals surface area contributed by atoms with E-state index in [1.807, 2.05) is 18.7 Å². The number of hydrogen-bond acceptors (Lipinski definition) is 3. The van der Waals surface area contributed by atoms with Crippen molar-refractivity contribution in [1.82, 2.24) is 10.2 Å². The predicted molar refractivity (Wildman–Crippen MR) is 57.3 cm³/mol. The maximum atomic E-state index is 11.6. The van der Waals surface area contributed by atoms with E-state index in [1.54, 1.807) is 6.26 Å². The van der Waals surface area contributed by atoms with Gasteiger partial charge in [0.2, 0.25) is 5.91 Å². The minimum absolute atomic E-state index is 0.0721. The molecule has 14 heavy (non-hydrogen) atoms. The fourth-order valence-corrected chi connectivity index (χ4v) is 2.24. The van der Waals surface area contributed by atoms with Gasteiger partial charge in [-0.25, -0.2) is 0 Å². The van der Waals surface area contributed by atoms with Crippen LogP contribution in [0.15, 0.2) is 0 Å². The van der Waals surface area contributed by atoms with Crippen LogP contribution in [0.4, 0.5) is 0 Å². The van der Waals surface area contributed by atoms with Gasteiger partial charge in [0, 0.05) is 29.4 Å². The van der Waals surface area contributed by atoms with Crippen molar-refractivity contribution in [3.8, 4) is 0 Å². The summed E-state index contributed by atoms with van der Waals surface area (Å²) in [6.45, 7) is 4.55. The average molecular weight is 218 g/mol. The Morgan fingerprint density at radius 2 is 2.14 bits per heavy atom. The summed E-state index contributed by atoms with van der Waals surface area (Å²) < 4.78 is 10.8. The molecule has 1 N–H and O–H groups in total. The Bertz CT molecular complexity index is 245. The zero-order valence-corrected chi connectivity index (χ0v) is 9.76. The Balaban J connectivity index is 2.37. The molecular formula is C9H18N2O2S. The van der Waals surface area contributed by atoms with Gasteiger partial charge in [-0.1, -0.05) is 0 Å². The quantitative estimate of drug-likeness (QED) is 0.718. The molecule has 0 radical (unpaired) electrons. The van der Waals surface area contributed by atoms with E-state index in [4.69, 9.17) is 0 Å². The standard InChI is InChI=1S/C9H18N2O2S/c1-7-9(12)11(8(2)10-7)5-4-6-14(3)13/h7-8,10H,4-6H2,1-3H3. The van der Waals surface area contributed by atoms with Gasteiger partial charge in [-0.2, -0.15) is 0 Å². The molecule has 0 aliphatic carbocycles. The lowest BCUT2D eigenvalue weighted by Gasteiger charge is -2.20. The Morgan fingerprint density at radius 1 is 1.50 bits per heavy atom. The van der Waals surface area contributed by atoms with Crippen LogP contribution in [-0.4, -0.2) is 45.8 Å². The molecule has 0 bridgehead atoms. The molecule has 0 aromatic carbocycles. The largest absolute Gasteiger partial charge is 0.326 e. The molecule has 0 spiro atoms. The first-order chi connectivity index (χ1) is 6.52. The third-order valence-corrected chi connectivity index (χ3v) is 3.31. The van der Waals surface area contributed by atoms with Crippen LogP contribution < -0.4 is 5.32 Å². The lowest BCUT2D eigenvalue weighted by molar-refractivity contribution is -0.129. The normalized spacial score (nSPS) is 29.6. The first-order valence-corrected chi connectivity index (χ1v) is 6.61. The molecule has 3 atom stereocenters. The Labute approximate surface area is 87.5 Å². The molecule has 1 fully saturated rings. The van der Waals surface area contributed by atoms with E-state index in [0.29, 0.717) is 12.3 Å². The van der Waals surface area contributed by atoms with Gasteiger partial charge in [-0.15, -0.1) is 0 Å². The summed E-state index contributed by atoms with van der Waals surface area (Å²) in [5.41, 5.74) is 0. The highest BCUT2D eigenvalue weighted by Crippen LogP contribution is 2.10. The number of carbonyl (C=O) groups excluding carboxylic acids is 1. The minimum atomic E-state index is -0.755. The van der Waals surface area contributed by atoms with Crippen molar-refractivity contribution in [2.75, 3.05) is 18.6 Å². The van der Waals surface area contributed by atoms with E-state index in [2.05, 4.69) is 5.32 Å². The van der Waals surface area contributed by atoms with Gasteiger partial charge < -0.3 is 4.90 Å². The molecule has 0 aromatic rings. The van der Waals surface area contributed by atoms with Crippen LogP contribution in [-0.2, 0) is 15.6 Å². The number of hydrogen-bond donors (Lipinski definition) is 1. The van der Waals surface area contributed by atoms with Crippen LogP contribution in [0.5, 0.6) is 0 Å². The molecule has 5 heteroatoms. The van der Waals surface area contributed by atoms with Crippen molar-refractivity contribution < 1.29 is 9.00 Å². The van der Waals surface area contributed by atoms with Gasteiger partial charge in [-0.05, 0) is 20.3 Å². The van der Waals surface area contributed by atoms with Crippen molar-refractivity contribution in [2.45, 2.75) is 32.5 Å². The predicted octanol–water partition coefficient (Wildman–Crippen LogP) is -0.0787. The fourth-order valence-electron chi connectivity index (χ4n) is 1.70. The zero-order valence-electron chi connectivity index (χ0n) is 8.95. The summed E-state index contributed by atoms with van der Waals surface area (Å²) in [6, 6.07) is -0.0721. The summed E-state index contributed by atoms with van der Waals surface area (Å²) >= 11 is 0. The molecule has 1 aliphatic rings. The zero-order chi connectivity index (χ0) is 10.7. The Morgan fingerprint density at radius 3 is 2.57 bits per heavy atom. The van der Waals surface area contributed by atoms with Gasteiger partial charge in [0.1, 0.15) is 0 Å². The first kappa shape index (κ1) is 11.7. The van der Waals surface area contributed by atoms with E-state index in [0.717, 1.165) is 6.42 Å². The summed E-state index contributed by atoms with van der Waals surface area (Å²) in [4.78, 5) is 13.4. The summed E-state index contributed by atoms with van der Waals surface area (Å²) in [6.07, 6.45) is 2.62. The maximum absolute atomic E-state index is 11.6. The van der Waals surface area contributed by atoms with Crippen molar-refractivity contribution in [1.29, 1.82) is 0 Å². The third kappa shape index (κ3) is 2.78. The summed E-state index contributed by atoms with van der Waals surface area (Å²) in [7, 11) is -0.755. The smallest absolute Gasteiger partial charge is 0.240 e. The van der Waals surface area contributed by atoms with Crippen molar-refractivity contribution in [3.05, 3.63) is 0 Å². The second kappa shape index (κ2) is 4.89. The molecule has 1 rings (SSSR count). The van der Waals surface area contributed by atoms with Gasteiger partial charge in [0.05, 0.1) is 12.2 Å². The summed E-state index contributed by atoms with van der Waals surface area (Å²) in [5.74, 6) is 0.824. The Kier molecular flexibility index (Phi) is 4.07. The maximum Gasteiger partial charge on any atom is 0.240 e. The molecule has 3 unspecified atom stereocenters. The highest BCUT2D eigenvalue weighted by Gasteiger charge is 2.32. The molecule has 0 aromatic heterocycles. The lowest BCUT2D eigenvalue weighted by atomic mass is 10.3. The second-order valence-electron chi connectivity index (χ2n) is 3.73. The number of amides is 1. The van der Waals surface area contributed by atoms with Crippen LogP contribution in [0, 0.1) is 0 Å². The van der Waals surface area contributed by atoms with Crippen molar-refractivity contribution >= 4 is 16.7 Å². The lowest BCUT2D eigenvalue weighted by Crippen LogP contribution is -2.35. The van der Waals surface area contributed by atoms with Crippen LogP contribution in [0.3, 0.4) is 0 Å². The molecule has 82 valence electrons. The molecular weight excluding hydrogens is 200 g/mol. The van der Waals surface area contributed by atoms with Crippen LogP contribution in [0.2, 0.25) is 0 Å². The average Bonchev–Trinajstić information content (AvgIpc) is 2.31. The number of carbonyl (C=O) groups is 1. The van der Waals surface area contributed by atoms with Gasteiger partial charge in [0.15, 0.2) is 0 Å². The molecule has 1 heterocycles. The van der Waals surface area contributed by atoms with E-state index >= 15 is 0 Å². The summed E-state index contributed by atoms with van der Waals surface area (Å²) in [5, 5.41) is 3.16.